The summed E-state index contributed by atoms with van der Waals surface area (Å²) in [7, 11) is 0. The summed E-state index contributed by atoms with van der Waals surface area (Å²) in [4.78, 5) is 38.5. The van der Waals surface area contributed by atoms with Gasteiger partial charge in [0.2, 0.25) is 5.91 Å². The predicted molar refractivity (Wildman–Crippen MR) is 108 cm³/mol. The van der Waals surface area contributed by atoms with E-state index in [9.17, 15) is 9.59 Å². The highest BCUT2D eigenvalue weighted by molar-refractivity contribution is 7.13. The van der Waals surface area contributed by atoms with Gasteiger partial charge in [-0.3, -0.25) is 14.6 Å². The first kappa shape index (κ1) is 19.1. The van der Waals surface area contributed by atoms with E-state index in [0.717, 1.165) is 60.0 Å². The van der Waals surface area contributed by atoms with E-state index in [1.807, 2.05) is 35.8 Å². The average Bonchev–Trinajstić information content (AvgIpc) is 3.04. The number of rotatable bonds is 3. The minimum atomic E-state index is 0.110. The Kier molecular flexibility index (Phi) is 5.19. The van der Waals surface area contributed by atoms with Crippen LogP contribution >= 0.6 is 11.3 Å². The smallest absolute Gasteiger partial charge is 0.265 e. The fraction of sp³-hybridized carbons (Fsp3) is 0.524. The molecule has 148 valence electrons. The van der Waals surface area contributed by atoms with Gasteiger partial charge < -0.3 is 9.80 Å². The van der Waals surface area contributed by atoms with Crippen molar-refractivity contribution in [3.63, 3.8) is 0 Å². The van der Waals surface area contributed by atoms with Gasteiger partial charge in [0.1, 0.15) is 4.88 Å². The van der Waals surface area contributed by atoms with Crippen LogP contribution in [0.15, 0.2) is 24.5 Å². The maximum Gasteiger partial charge on any atom is 0.265 e. The fourth-order valence-corrected chi connectivity index (χ4v) is 5.31. The minimum absolute atomic E-state index is 0.110. The number of aromatic nitrogens is 2. The Morgan fingerprint density at radius 3 is 2.54 bits per heavy atom. The molecule has 6 nitrogen and oxygen atoms in total. The number of pyridine rings is 1. The number of hydrogen-bond donors (Lipinski definition) is 0. The second kappa shape index (κ2) is 7.62. The first-order valence-electron chi connectivity index (χ1n) is 9.86. The Balaban J connectivity index is 1.41. The molecule has 28 heavy (non-hydrogen) atoms. The molecule has 2 aromatic rings. The quantitative estimate of drug-likeness (QED) is 0.796. The molecule has 2 aromatic heterocycles. The number of aryl methyl sites for hydroxylation is 2. The first-order chi connectivity index (χ1) is 13.5. The van der Waals surface area contributed by atoms with Gasteiger partial charge >= 0.3 is 0 Å². The highest BCUT2D eigenvalue weighted by atomic mass is 32.1. The largest absolute Gasteiger partial charge is 0.338 e. The van der Waals surface area contributed by atoms with Crippen molar-refractivity contribution < 1.29 is 9.59 Å². The van der Waals surface area contributed by atoms with Crippen LogP contribution in [0.3, 0.4) is 0 Å². The lowest BCUT2D eigenvalue weighted by molar-refractivity contribution is -0.139. The third kappa shape index (κ3) is 3.81. The van der Waals surface area contributed by atoms with Crippen LogP contribution in [0.4, 0.5) is 0 Å². The molecule has 0 aromatic carbocycles. The summed E-state index contributed by atoms with van der Waals surface area (Å²) < 4.78 is 0. The summed E-state index contributed by atoms with van der Waals surface area (Å²) in [6.07, 6.45) is 6.98. The van der Waals surface area contributed by atoms with Crippen LogP contribution in [-0.2, 0) is 11.3 Å². The van der Waals surface area contributed by atoms with Crippen molar-refractivity contribution in [2.45, 2.75) is 46.1 Å². The van der Waals surface area contributed by atoms with E-state index in [1.165, 1.54) is 11.3 Å². The van der Waals surface area contributed by atoms with Gasteiger partial charge in [0.25, 0.3) is 5.91 Å². The number of amides is 2. The van der Waals surface area contributed by atoms with Crippen molar-refractivity contribution >= 4 is 23.2 Å². The number of nitrogens with zero attached hydrogens (tertiary/aromatic N) is 4. The number of carbonyl (C=O) groups excluding carboxylic acids is 2. The summed E-state index contributed by atoms with van der Waals surface area (Å²) in [6, 6.07) is 3.93. The van der Waals surface area contributed by atoms with Crippen LogP contribution in [-0.4, -0.2) is 51.2 Å². The van der Waals surface area contributed by atoms with Gasteiger partial charge in [0.05, 0.1) is 10.7 Å². The van der Waals surface area contributed by atoms with Crippen molar-refractivity contribution in [1.82, 2.24) is 19.8 Å². The zero-order valence-electron chi connectivity index (χ0n) is 16.5. The maximum atomic E-state index is 12.9. The monoisotopic (exact) mass is 398 g/mol. The molecule has 2 saturated heterocycles. The van der Waals surface area contributed by atoms with Gasteiger partial charge in [0, 0.05) is 45.0 Å². The Labute approximate surface area is 169 Å². The first-order valence-corrected chi connectivity index (χ1v) is 10.7. The number of piperidine rings is 2. The van der Waals surface area contributed by atoms with Gasteiger partial charge in [-0.2, -0.15) is 0 Å². The molecule has 0 atom stereocenters. The summed E-state index contributed by atoms with van der Waals surface area (Å²) >= 11 is 1.48. The molecule has 2 amide bonds. The maximum absolute atomic E-state index is 12.9. The van der Waals surface area contributed by atoms with Crippen molar-refractivity contribution in [2.24, 2.45) is 5.41 Å². The molecule has 0 unspecified atom stereocenters. The van der Waals surface area contributed by atoms with E-state index >= 15 is 0 Å². The van der Waals surface area contributed by atoms with E-state index in [1.54, 1.807) is 12.4 Å². The van der Waals surface area contributed by atoms with E-state index in [2.05, 4.69) is 9.97 Å². The second-order valence-electron chi connectivity index (χ2n) is 8.04. The lowest BCUT2D eigenvalue weighted by Crippen LogP contribution is -2.52. The third-order valence-corrected chi connectivity index (χ3v) is 7.14. The molecule has 1 spiro atoms. The van der Waals surface area contributed by atoms with Crippen LogP contribution in [0.1, 0.15) is 51.6 Å². The molecular weight excluding hydrogens is 372 g/mol. The van der Waals surface area contributed by atoms with Crippen molar-refractivity contribution in [3.8, 4) is 0 Å². The molecule has 2 aliphatic rings. The molecule has 2 aliphatic heterocycles. The van der Waals surface area contributed by atoms with E-state index in [-0.39, 0.29) is 17.2 Å². The molecule has 4 rings (SSSR count). The zero-order chi connectivity index (χ0) is 19.7. The molecule has 7 heteroatoms. The van der Waals surface area contributed by atoms with Crippen LogP contribution in [0.25, 0.3) is 0 Å². The topological polar surface area (TPSA) is 66.4 Å². The van der Waals surface area contributed by atoms with Crippen LogP contribution in [0, 0.1) is 19.3 Å². The number of hydrogen-bond acceptors (Lipinski definition) is 5. The normalized spacial score (nSPS) is 19.3. The number of thiazole rings is 1. The lowest BCUT2D eigenvalue weighted by Gasteiger charge is -2.47. The highest BCUT2D eigenvalue weighted by Gasteiger charge is 2.42. The molecular formula is C21H26N4O2S. The van der Waals surface area contributed by atoms with Crippen LogP contribution in [0.2, 0.25) is 0 Å². The molecule has 4 heterocycles. The average molecular weight is 399 g/mol. The van der Waals surface area contributed by atoms with Crippen molar-refractivity contribution in [1.29, 1.82) is 0 Å². The summed E-state index contributed by atoms with van der Waals surface area (Å²) in [5.41, 5.74) is 2.08. The summed E-state index contributed by atoms with van der Waals surface area (Å²) in [6.45, 7) is 6.79. The summed E-state index contributed by atoms with van der Waals surface area (Å²) in [5.74, 6) is 0.343. The minimum Gasteiger partial charge on any atom is -0.338 e. The van der Waals surface area contributed by atoms with Crippen molar-refractivity contribution in [2.75, 3.05) is 19.6 Å². The van der Waals surface area contributed by atoms with Gasteiger partial charge in [0.15, 0.2) is 0 Å². The Morgan fingerprint density at radius 1 is 1.18 bits per heavy atom. The Morgan fingerprint density at radius 2 is 1.89 bits per heavy atom. The predicted octanol–water partition coefficient (Wildman–Crippen LogP) is 3.20. The van der Waals surface area contributed by atoms with E-state index < -0.39 is 0 Å². The third-order valence-electron chi connectivity index (χ3n) is 6.08. The second-order valence-corrected chi connectivity index (χ2v) is 9.25. The van der Waals surface area contributed by atoms with Gasteiger partial charge in [-0.15, -0.1) is 11.3 Å². The SMILES string of the molecule is Cc1nc(C)c(C(=O)N2CCC3(CCC(=O)N(Cc4ccncc4)C3)CC2)s1. The molecule has 2 fully saturated rings. The lowest BCUT2D eigenvalue weighted by atomic mass is 9.72. The van der Waals surface area contributed by atoms with Gasteiger partial charge in [-0.1, -0.05) is 0 Å². The van der Waals surface area contributed by atoms with Crippen LogP contribution < -0.4 is 0 Å². The molecule has 0 radical (unpaired) electrons. The number of likely N-dealkylation sites (tertiary alicyclic amines) is 2. The number of carbonyl (C=O) groups is 2. The van der Waals surface area contributed by atoms with Crippen molar-refractivity contribution in [3.05, 3.63) is 45.7 Å². The van der Waals surface area contributed by atoms with Crippen LogP contribution in [0.5, 0.6) is 0 Å². The molecule has 0 aliphatic carbocycles. The highest BCUT2D eigenvalue weighted by Crippen LogP contribution is 2.41. The van der Waals surface area contributed by atoms with E-state index in [4.69, 9.17) is 0 Å². The molecule has 0 N–H and O–H groups in total. The standard InChI is InChI=1S/C21H26N4O2S/c1-15-19(28-16(2)23-15)20(27)24-11-7-21(8-12-24)6-3-18(26)25(14-21)13-17-4-9-22-10-5-17/h4-5,9-10H,3,6-8,11-14H2,1-2H3. The Hall–Kier alpha value is -2.28. The summed E-state index contributed by atoms with van der Waals surface area (Å²) in [5, 5.41) is 0.937. The Bertz CT molecular complexity index is 872. The molecule has 0 saturated carbocycles. The van der Waals surface area contributed by atoms with Gasteiger partial charge in [-0.05, 0) is 56.2 Å². The van der Waals surface area contributed by atoms with E-state index in [0.29, 0.717) is 13.0 Å². The molecule has 0 bridgehead atoms. The zero-order valence-corrected chi connectivity index (χ0v) is 17.3. The van der Waals surface area contributed by atoms with Gasteiger partial charge in [-0.25, -0.2) is 4.98 Å². The fourth-order valence-electron chi connectivity index (χ4n) is 4.42.